The van der Waals surface area contributed by atoms with Crippen LogP contribution in [0.2, 0.25) is 0 Å². The predicted molar refractivity (Wildman–Crippen MR) is 92.9 cm³/mol. The molecule has 2 aromatic rings. The molecule has 2 aromatic carbocycles. The van der Waals surface area contributed by atoms with E-state index in [2.05, 4.69) is 82.5 Å². The molecule has 0 amide bonds. The van der Waals surface area contributed by atoms with Gasteiger partial charge in [-0.1, -0.05) is 30.3 Å². The molecule has 0 aliphatic heterocycles. The molecule has 0 saturated heterocycles. The van der Waals surface area contributed by atoms with Gasteiger partial charge in [-0.05, 0) is 65.9 Å². The molecule has 0 heterocycles. The van der Waals surface area contributed by atoms with E-state index in [1.54, 1.807) is 0 Å². The van der Waals surface area contributed by atoms with Gasteiger partial charge in [0.2, 0.25) is 0 Å². The first-order chi connectivity index (χ1) is 9.28. The van der Waals surface area contributed by atoms with Gasteiger partial charge in [-0.3, -0.25) is 0 Å². The van der Waals surface area contributed by atoms with Crippen molar-refractivity contribution in [2.75, 3.05) is 12.8 Å². The van der Waals surface area contributed by atoms with Crippen molar-refractivity contribution in [1.82, 2.24) is 5.32 Å². The highest BCUT2D eigenvalue weighted by molar-refractivity contribution is 14.1. The molecule has 0 aromatic heterocycles. The van der Waals surface area contributed by atoms with E-state index in [0.29, 0.717) is 6.04 Å². The van der Waals surface area contributed by atoms with Gasteiger partial charge in [0.15, 0.2) is 0 Å². The smallest absolute Gasteiger partial charge is 0.0199 e. The zero-order valence-electron chi connectivity index (χ0n) is 11.0. The third-order valence-electron chi connectivity index (χ3n) is 3.00. The third kappa shape index (κ3) is 5.16. The maximum absolute atomic E-state index is 3.41. The molecule has 1 N–H and O–H groups in total. The highest BCUT2D eigenvalue weighted by atomic mass is 127. The second-order valence-electron chi connectivity index (χ2n) is 4.44. The number of rotatable bonds is 6. The summed E-state index contributed by atoms with van der Waals surface area (Å²) in [4.78, 5) is 1.34. The molecule has 0 aliphatic rings. The van der Waals surface area contributed by atoms with Crippen LogP contribution >= 0.6 is 34.4 Å². The first-order valence-electron chi connectivity index (χ1n) is 6.37. The fourth-order valence-electron chi connectivity index (χ4n) is 1.86. The van der Waals surface area contributed by atoms with Gasteiger partial charge < -0.3 is 5.32 Å². The second-order valence-corrected chi connectivity index (χ2v) is 6.78. The van der Waals surface area contributed by atoms with E-state index >= 15 is 0 Å². The first kappa shape index (κ1) is 14.9. The van der Waals surface area contributed by atoms with Crippen molar-refractivity contribution < 1.29 is 0 Å². The Hall–Kier alpha value is -0.520. The van der Waals surface area contributed by atoms with E-state index in [1.807, 2.05) is 18.8 Å². The van der Waals surface area contributed by atoms with Crippen molar-refractivity contribution in [3.8, 4) is 0 Å². The maximum atomic E-state index is 3.41. The van der Waals surface area contributed by atoms with Gasteiger partial charge in [0.1, 0.15) is 0 Å². The van der Waals surface area contributed by atoms with Crippen molar-refractivity contribution in [3.63, 3.8) is 0 Å². The molecule has 0 bridgehead atoms. The molecule has 0 radical (unpaired) electrons. The molecule has 0 aliphatic carbocycles. The fraction of sp³-hybridized carbons (Fsp3) is 0.250. The number of thioether (sulfide) groups is 1. The van der Waals surface area contributed by atoms with Crippen LogP contribution in [0, 0.1) is 3.57 Å². The topological polar surface area (TPSA) is 12.0 Å². The van der Waals surface area contributed by atoms with Gasteiger partial charge in [-0.25, -0.2) is 0 Å². The third-order valence-corrected chi connectivity index (χ3v) is 4.89. The summed E-state index contributed by atoms with van der Waals surface area (Å²) in [7, 11) is 2.04. The summed E-state index contributed by atoms with van der Waals surface area (Å²) in [5.74, 6) is 1.09. The quantitative estimate of drug-likeness (QED) is 0.592. The molecule has 1 unspecified atom stereocenters. The number of hydrogen-bond acceptors (Lipinski definition) is 2. The number of halogens is 1. The Bertz CT molecular complexity index is 484. The van der Waals surface area contributed by atoms with E-state index in [4.69, 9.17) is 0 Å². The number of hydrogen-bond donors (Lipinski definition) is 1. The number of likely N-dealkylation sites (N-methyl/N-ethyl adjacent to an activating group) is 1. The Morgan fingerprint density at radius 2 is 1.74 bits per heavy atom. The molecular formula is C16H18INS. The molecule has 100 valence electrons. The van der Waals surface area contributed by atoms with E-state index in [-0.39, 0.29) is 0 Å². The van der Waals surface area contributed by atoms with Gasteiger partial charge in [-0.2, -0.15) is 0 Å². The summed E-state index contributed by atoms with van der Waals surface area (Å²) < 4.78 is 1.29. The molecule has 1 atom stereocenters. The SMILES string of the molecule is CNC(CSc1ccccc1)Cc1ccc(I)cc1. The van der Waals surface area contributed by atoms with Crippen LogP contribution in [0.1, 0.15) is 5.56 Å². The van der Waals surface area contributed by atoms with E-state index in [1.165, 1.54) is 14.0 Å². The first-order valence-corrected chi connectivity index (χ1v) is 8.44. The highest BCUT2D eigenvalue weighted by Crippen LogP contribution is 2.19. The lowest BCUT2D eigenvalue weighted by Gasteiger charge is -2.16. The summed E-state index contributed by atoms with van der Waals surface area (Å²) in [6, 6.07) is 19.9. The number of nitrogens with one attached hydrogen (secondary N) is 1. The lowest BCUT2D eigenvalue weighted by molar-refractivity contribution is 0.617. The van der Waals surface area contributed by atoms with Gasteiger partial charge in [0.25, 0.3) is 0 Å². The van der Waals surface area contributed by atoms with Crippen molar-refractivity contribution in [3.05, 3.63) is 63.7 Å². The Kier molecular flexibility index (Phi) is 6.20. The molecule has 0 spiro atoms. The van der Waals surface area contributed by atoms with E-state index in [9.17, 15) is 0 Å². The Labute approximate surface area is 133 Å². The van der Waals surface area contributed by atoms with Crippen molar-refractivity contribution in [2.45, 2.75) is 17.4 Å². The van der Waals surface area contributed by atoms with Crippen molar-refractivity contribution in [1.29, 1.82) is 0 Å². The molecule has 3 heteroatoms. The molecule has 2 rings (SSSR count). The zero-order chi connectivity index (χ0) is 13.5. The van der Waals surface area contributed by atoms with E-state index in [0.717, 1.165) is 12.2 Å². The minimum atomic E-state index is 0.505. The predicted octanol–water partition coefficient (Wildman–Crippen LogP) is 4.21. The van der Waals surface area contributed by atoms with Crippen molar-refractivity contribution in [2.24, 2.45) is 0 Å². The van der Waals surface area contributed by atoms with E-state index < -0.39 is 0 Å². The summed E-state index contributed by atoms with van der Waals surface area (Å²) in [5.41, 5.74) is 1.40. The summed E-state index contributed by atoms with van der Waals surface area (Å²) >= 11 is 4.26. The summed E-state index contributed by atoms with van der Waals surface area (Å²) in [6.45, 7) is 0. The molecule has 19 heavy (non-hydrogen) atoms. The maximum Gasteiger partial charge on any atom is 0.0199 e. The average Bonchev–Trinajstić information content (AvgIpc) is 2.46. The largest absolute Gasteiger partial charge is 0.316 e. The van der Waals surface area contributed by atoms with Crippen molar-refractivity contribution >= 4 is 34.4 Å². The van der Waals surface area contributed by atoms with Crippen LogP contribution in [0.15, 0.2) is 59.5 Å². The van der Waals surface area contributed by atoms with Gasteiger partial charge >= 0.3 is 0 Å². The van der Waals surface area contributed by atoms with Gasteiger partial charge in [-0.15, -0.1) is 11.8 Å². The van der Waals surface area contributed by atoms with Crippen LogP contribution in [-0.2, 0) is 6.42 Å². The van der Waals surface area contributed by atoms with Crippen LogP contribution < -0.4 is 5.32 Å². The highest BCUT2D eigenvalue weighted by Gasteiger charge is 2.08. The van der Waals surface area contributed by atoms with Crippen LogP contribution in [0.5, 0.6) is 0 Å². The summed E-state index contributed by atoms with van der Waals surface area (Å²) in [5, 5.41) is 3.41. The van der Waals surface area contributed by atoms with Crippen LogP contribution in [-0.4, -0.2) is 18.8 Å². The van der Waals surface area contributed by atoms with Gasteiger partial charge in [0.05, 0.1) is 0 Å². The molecular weight excluding hydrogens is 365 g/mol. The van der Waals surface area contributed by atoms with Crippen LogP contribution in [0.25, 0.3) is 0 Å². The Morgan fingerprint density at radius 3 is 2.37 bits per heavy atom. The van der Waals surface area contributed by atoms with Gasteiger partial charge in [0, 0.05) is 20.3 Å². The minimum Gasteiger partial charge on any atom is -0.316 e. The van der Waals surface area contributed by atoms with Crippen LogP contribution in [0.4, 0.5) is 0 Å². The minimum absolute atomic E-state index is 0.505. The number of benzene rings is 2. The normalized spacial score (nSPS) is 12.3. The Balaban J connectivity index is 1.88. The standard InChI is InChI=1S/C16H18INS/c1-18-15(11-13-7-9-14(17)10-8-13)12-19-16-5-3-2-4-6-16/h2-10,15,18H,11-12H2,1H3. The lowest BCUT2D eigenvalue weighted by Crippen LogP contribution is -2.30. The average molecular weight is 383 g/mol. The van der Waals surface area contributed by atoms with Crippen LogP contribution in [0.3, 0.4) is 0 Å². The second kappa shape index (κ2) is 7.92. The zero-order valence-corrected chi connectivity index (χ0v) is 13.9. The Morgan fingerprint density at radius 1 is 1.05 bits per heavy atom. The molecule has 1 nitrogen and oxygen atoms in total. The summed E-state index contributed by atoms with van der Waals surface area (Å²) in [6.07, 6.45) is 1.08. The molecule has 0 fully saturated rings. The molecule has 0 saturated carbocycles. The fourth-order valence-corrected chi connectivity index (χ4v) is 3.25. The monoisotopic (exact) mass is 383 g/mol. The lowest BCUT2D eigenvalue weighted by atomic mass is 10.1.